The fraction of sp³-hybridized carbons (Fsp3) is 0.0385. The third-order valence-electron chi connectivity index (χ3n) is 5.59. The highest BCUT2D eigenvalue weighted by atomic mass is 19.2. The molecular weight excluding hydrogens is 470 g/mol. The minimum Gasteiger partial charge on any atom is -0.496 e. The molecule has 5 rings (SSSR count). The number of nitrogens with one attached hydrogen (secondary N) is 1. The van der Waals surface area contributed by atoms with Gasteiger partial charge in [-0.2, -0.15) is 0 Å². The average molecular weight is 488 g/mol. The molecule has 5 aromatic rings. The highest BCUT2D eigenvalue weighted by Crippen LogP contribution is 2.34. The number of nitrogens with two attached hydrogens (primary N) is 1. The second-order valence-electron chi connectivity index (χ2n) is 7.78. The molecule has 8 nitrogen and oxygen atoms in total. The number of amides is 2. The number of hydrogen-bond donors (Lipinski definition) is 2. The van der Waals surface area contributed by atoms with Gasteiger partial charge in [-0.3, -0.25) is 14.3 Å². The quantitative estimate of drug-likeness (QED) is 0.342. The SMILES string of the molecule is COc1cc2nccc(Oc3ccc4c(ccn4C(=O)Nc4cccc(F)c4F)c3)c2cc1C(N)=O. The molecule has 10 heteroatoms. The molecule has 0 saturated carbocycles. The van der Waals surface area contributed by atoms with Crippen molar-refractivity contribution in [1.29, 1.82) is 0 Å². The molecule has 0 unspecified atom stereocenters. The number of benzene rings is 3. The number of rotatable bonds is 5. The molecule has 36 heavy (non-hydrogen) atoms. The van der Waals surface area contributed by atoms with Gasteiger partial charge in [0.25, 0.3) is 5.91 Å². The first-order valence-electron chi connectivity index (χ1n) is 10.7. The largest absolute Gasteiger partial charge is 0.496 e. The maximum Gasteiger partial charge on any atom is 0.330 e. The summed E-state index contributed by atoms with van der Waals surface area (Å²) < 4.78 is 40.0. The number of ether oxygens (including phenoxy) is 2. The maximum atomic E-state index is 13.9. The van der Waals surface area contributed by atoms with Crippen molar-refractivity contribution in [1.82, 2.24) is 9.55 Å². The lowest BCUT2D eigenvalue weighted by atomic mass is 10.1. The predicted octanol–water partition coefficient (Wildman–Crippen LogP) is 5.45. The van der Waals surface area contributed by atoms with E-state index >= 15 is 0 Å². The second-order valence-corrected chi connectivity index (χ2v) is 7.78. The van der Waals surface area contributed by atoms with E-state index in [2.05, 4.69) is 10.3 Å². The Morgan fingerprint density at radius 3 is 2.64 bits per heavy atom. The van der Waals surface area contributed by atoms with Crippen molar-refractivity contribution in [2.45, 2.75) is 0 Å². The highest BCUT2D eigenvalue weighted by Gasteiger charge is 2.16. The molecule has 3 aromatic carbocycles. The van der Waals surface area contributed by atoms with Gasteiger partial charge >= 0.3 is 6.03 Å². The smallest absolute Gasteiger partial charge is 0.330 e. The molecule has 0 spiro atoms. The molecule has 2 aromatic heterocycles. The van der Waals surface area contributed by atoms with Gasteiger partial charge in [-0.25, -0.2) is 13.6 Å². The van der Waals surface area contributed by atoms with E-state index in [1.165, 1.54) is 30.0 Å². The molecule has 180 valence electrons. The first-order chi connectivity index (χ1) is 17.4. The zero-order valence-corrected chi connectivity index (χ0v) is 18.8. The molecule has 0 radical (unpaired) electrons. The Morgan fingerprint density at radius 1 is 1.03 bits per heavy atom. The number of hydrogen-bond acceptors (Lipinski definition) is 5. The highest BCUT2D eigenvalue weighted by molar-refractivity contribution is 6.01. The lowest BCUT2D eigenvalue weighted by Crippen LogP contribution is -2.19. The minimum atomic E-state index is -1.14. The van der Waals surface area contributed by atoms with E-state index in [0.29, 0.717) is 39.1 Å². The molecule has 2 amide bonds. The number of pyridine rings is 1. The topological polar surface area (TPSA) is 108 Å². The molecule has 0 aliphatic rings. The molecule has 0 saturated heterocycles. The number of primary amides is 1. The summed E-state index contributed by atoms with van der Waals surface area (Å²) in [6.45, 7) is 0. The van der Waals surface area contributed by atoms with Gasteiger partial charge in [-0.1, -0.05) is 6.07 Å². The number of carbonyl (C=O) groups excluding carboxylic acids is 2. The summed E-state index contributed by atoms with van der Waals surface area (Å²) in [4.78, 5) is 28.8. The summed E-state index contributed by atoms with van der Waals surface area (Å²) in [5.41, 5.74) is 6.48. The monoisotopic (exact) mass is 488 g/mol. The van der Waals surface area contributed by atoms with Crippen molar-refractivity contribution in [3.63, 3.8) is 0 Å². The van der Waals surface area contributed by atoms with Crippen molar-refractivity contribution in [3.8, 4) is 17.2 Å². The van der Waals surface area contributed by atoms with Crippen molar-refractivity contribution in [2.24, 2.45) is 5.73 Å². The van der Waals surface area contributed by atoms with Gasteiger partial charge in [-0.15, -0.1) is 0 Å². The lowest BCUT2D eigenvalue weighted by Gasteiger charge is -2.12. The molecule has 0 atom stereocenters. The van der Waals surface area contributed by atoms with Gasteiger partial charge in [0.2, 0.25) is 0 Å². The summed E-state index contributed by atoms with van der Waals surface area (Å²) in [7, 11) is 1.43. The van der Waals surface area contributed by atoms with E-state index in [-0.39, 0.29) is 11.3 Å². The number of anilines is 1. The van der Waals surface area contributed by atoms with Gasteiger partial charge in [0, 0.05) is 29.2 Å². The number of methoxy groups -OCH3 is 1. The fourth-order valence-electron chi connectivity index (χ4n) is 3.86. The van der Waals surface area contributed by atoms with Crippen molar-refractivity contribution < 1.29 is 27.8 Å². The summed E-state index contributed by atoms with van der Waals surface area (Å²) >= 11 is 0. The molecule has 2 heterocycles. The molecule has 3 N–H and O–H groups in total. The standard InChI is InChI=1S/C26H18F2N4O4/c1-35-23-13-20-16(12-17(23)25(29)33)22(7-9-30-20)36-15-5-6-21-14(11-15)8-10-32(21)26(34)31-19-4-2-3-18(27)24(19)28/h2-13H,1H3,(H2,29,33)(H,31,34). The molecule has 0 bridgehead atoms. The summed E-state index contributed by atoms with van der Waals surface area (Å²) in [6, 6.07) is 14.4. The summed E-state index contributed by atoms with van der Waals surface area (Å²) in [5, 5.41) is 3.59. The maximum absolute atomic E-state index is 13.9. The van der Waals surface area contributed by atoms with E-state index < -0.39 is 23.6 Å². The van der Waals surface area contributed by atoms with Gasteiger partial charge < -0.3 is 20.5 Å². The zero-order chi connectivity index (χ0) is 25.4. The third-order valence-corrected chi connectivity index (χ3v) is 5.59. The van der Waals surface area contributed by atoms with Crippen LogP contribution in [0.1, 0.15) is 10.4 Å². The molecule has 0 fully saturated rings. The summed E-state index contributed by atoms with van der Waals surface area (Å²) in [6.07, 6.45) is 3.07. The van der Waals surface area contributed by atoms with E-state index in [1.54, 1.807) is 48.7 Å². The first kappa shape index (κ1) is 22.8. The summed E-state index contributed by atoms with van der Waals surface area (Å²) in [5.74, 6) is -1.65. The van der Waals surface area contributed by atoms with Crippen molar-refractivity contribution in [3.05, 3.63) is 90.3 Å². The van der Waals surface area contributed by atoms with Crippen LogP contribution in [0.25, 0.3) is 21.8 Å². The van der Waals surface area contributed by atoms with E-state index in [0.717, 1.165) is 6.07 Å². The number of carbonyl (C=O) groups is 2. The van der Waals surface area contributed by atoms with Gasteiger partial charge in [0.05, 0.1) is 29.4 Å². The molecule has 0 aliphatic heterocycles. The van der Waals surface area contributed by atoms with E-state index in [9.17, 15) is 18.4 Å². The van der Waals surface area contributed by atoms with Crippen LogP contribution in [0.15, 0.2) is 73.1 Å². The zero-order valence-electron chi connectivity index (χ0n) is 18.8. The van der Waals surface area contributed by atoms with E-state index in [4.69, 9.17) is 15.2 Å². The first-order valence-corrected chi connectivity index (χ1v) is 10.7. The third kappa shape index (κ3) is 4.05. The van der Waals surface area contributed by atoms with Crippen LogP contribution in [0.2, 0.25) is 0 Å². The Morgan fingerprint density at radius 2 is 1.86 bits per heavy atom. The predicted molar refractivity (Wildman–Crippen MR) is 130 cm³/mol. The average Bonchev–Trinajstić information content (AvgIpc) is 3.29. The van der Waals surface area contributed by atoms with Crippen LogP contribution in [-0.4, -0.2) is 28.6 Å². The van der Waals surface area contributed by atoms with Crippen LogP contribution in [0.4, 0.5) is 19.3 Å². The Hall–Kier alpha value is -4.99. The second kappa shape index (κ2) is 8.99. The normalized spacial score (nSPS) is 11.0. The van der Waals surface area contributed by atoms with Crippen molar-refractivity contribution >= 4 is 39.4 Å². The lowest BCUT2D eigenvalue weighted by molar-refractivity contribution is 0.0997. The Labute approximate surface area is 202 Å². The fourth-order valence-corrected chi connectivity index (χ4v) is 3.86. The van der Waals surface area contributed by atoms with E-state index in [1.807, 2.05) is 0 Å². The van der Waals surface area contributed by atoms with Crippen LogP contribution < -0.4 is 20.5 Å². The Kier molecular flexibility index (Phi) is 5.69. The van der Waals surface area contributed by atoms with Crippen LogP contribution in [0.3, 0.4) is 0 Å². The van der Waals surface area contributed by atoms with Gasteiger partial charge in [0.1, 0.15) is 17.2 Å². The Bertz CT molecular complexity index is 1670. The molecular formula is C26H18F2N4O4. The number of fused-ring (bicyclic) bond motifs is 2. The minimum absolute atomic E-state index is 0.191. The van der Waals surface area contributed by atoms with Gasteiger partial charge in [0.15, 0.2) is 11.6 Å². The van der Waals surface area contributed by atoms with Crippen LogP contribution in [0.5, 0.6) is 17.2 Å². The Balaban J connectivity index is 1.45. The van der Waals surface area contributed by atoms with Gasteiger partial charge in [-0.05, 0) is 48.5 Å². The number of halogens is 2. The van der Waals surface area contributed by atoms with Crippen LogP contribution >= 0.6 is 0 Å². The van der Waals surface area contributed by atoms with Crippen molar-refractivity contribution in [2.75, 3.05) is 12.4 Å². The van der Waals surface area contributed by atoms with Crippen LogP contribution in [-0.2, 0) is 0 Å². The number of aromatic nitrogens is 2. The number of nitrogens with zero attached hydrogens (tertiary/aromatic N) is 2. The van der Waals surface area contributed by atoms with Crippen LogP contribution in [0, 0.1) is 11.6 Å². The molecule has 0 aliphatic carbocycles.